The molecule has 0 aliphatic heterocycles. The number of rotatable bonds is 2. The topological polar surface area (TPSA) is 37.3 Å². The second kappa shape index (κ2) is 6.72. The van der Waals surface area contributed by atoms with Crippen molar-refractivity contribution in [1.82, 2.24) is 0 Å². The molecule has 0 aliphatic rings. The third-order valence-corrected chi connectivity index (χ3v) is 4.59. The van der Waals surface area contributed by atoms with Crippen molar-refractivity contribution in [2.24, 2.45) is 0 Å². The van der Waals surface area contributed by atoms with Crippen LogP contribution >= 0.6 is 11.3 Å². The van der Waals surface area contributed by atoms with E-state index in [4.69, 9.17) is 4.55 Å². The standard InChI is InChI=1S/C12H9F3O2S2.Na.H/c1-7-11(19(16)17)6-10(18-7)8-2-4-9(5-3-8)12(13,14)15;;/h2-6H,1H3,(H,16,17);;. The van der Waals surface area contributed by atoms with Crippen molar-refractivity contribution in [2.45, 2.75) is 18.0 Å². The van der Waals surface area contributed by atoms with Gasteiger partial charge in [0, 0.05) is 9.75 Å². The molecule has 2 rings (SSSR count). The van der Waals surface area contributed by atoms with Crippen LogP contribution in [-0.4, -0.2) is 38.3 Å². The molecule has 8 heteroatoms. The third kappa shape index (κ3) is 3.93. The van der Waals surface area contributed by atoms with E-state index in [0.717, 1.165) is 12.1 Å². The summed E-state index contributed by atoms with van der Waals surface area (Å²) in [6.45, 7) is 1.70. The maximum atomic E-state index is 12.4. The summed E-state index contributed by atoms with van der Waals surface area (Å²) in [6, 6.07) is 6.25. The molecule has 0 spiro atoms. The number of hydrogen-bond acceptors (Lipinski definition) is 2. The van der Waals surface area contributed by atoms with Gasteiger partial charge in [-0.15, -0.1) is 11.3 Å². The summed E-state index contributed by atoms with van der Waals surface area (Å²) in [6.07, 6.45) is -4.36. The van der Waals surface area contributed by atoms with Crippen LogP contribution in [0.3, 0.4) is 0 Å². The molecule has 0 radical (unpaired) electrons. The SMILES string of the molecule is Cc1sc(-c2ccc(C(F)(F)F)cc2)cc1S(=O)O.[NaH]. The molecule has 104 valence electrons. The fourth-order valence-electron chi connectivity index (χ4n) is 1.60. The first kappa shape index (κ1) is 17.9. The van der Waals surface area contributed by atoms with Crippen molar-refractivity contribution in [3.05, 3.63) is 40.8 Å². The zero-order valence-corrected chi connectivity index (χ0v) is 11.3. The predicted molar refractivity (Wildman–Crippen MR) is 75.7 cm³/mol. The summed E-state index contributed by atoms with van der Waals surface area (Å²) in [4.78, 5) is 1.64. The molecule has 2 nitrogen and oxygen atoms in total. The van der Waals surface area contributed by atoms with Gasteiger partial charge < -0.3 is 4.55 Å². The Bertz CT molecular complexity index is 621. The summed E-state index contributed by atoms with van der Waals surface area (Å²) < 4.78 is 57.3. The van der Waals surface area contributed by atoms with E-state index < -0.39 is 22.8 Å². The van der Waals surface area contributed by atoms with Gasteiger partial charge in [-0.05, 0) is 30.7 Å². The van der Waals surface area contributed by atoms with Crippen molar-refractivity contribution in [3.63, 3.8) is 0 Å². The molecule has 2 aromatic rings. The van der Waals surface area contributed by atoms with Crippen LogP contribution in [0, 0.1) is 6.92 Å². The summed E-state index contributed by atoms with van der Waals surface area (Å²) in [5.41, 5.74) is -0.117. The molecule has 0 amide bonds. The predicted octanol–water partition coefficient (Wildman–Crippen LogP) is 3.67. The van der Waals surface area contributed by atoms with Crippen LogP contribution in [0.5, 0.6) is 0 Å². The fourth-order valence-corrected chi connectivity index (χ4v) is 3.40. The van der Waals surface area contributed by atoms with Crippen LogP contribution in [-0.2, 0) is 17.3 Å². The van der Waals surface area contributed by atoms with E-state index in [-0.39, 0.29) is 29.6 Å². The number of hydrogen-bond donors (Lipinski definition) is 1. The van der Waals surface area contributed by atoms with E-state index in [1.54, 1.807) is 6.92 Å². The van der Waals surface area contributed by atoms with E-state index in [9.17, 15) is 17.4 Å². The zero-order chi connectivity index (χ0) is 14.2. The van der Waals surface area contributed by atoms with Crippen molar-refractivity contribution in [2.75, 3.05) is 0 Å². The number of benzene rings is 1. The van der Waals surface area contributed by atoms with Gasteiger partial charge in [0.2, 0.25) is 0 Å². The molecule has 1 aromatic heterocycles. The summed E-state index contributed by atoms with van der Waals surface area (Å²) >= 11 is -0.807. The van der Waals surface area contributed by atoms with Crippen molar-refractivity contribution >= 4 is 52.0 Å². The van der Waals surface area contributed by atoms with Crippen LogP contribution in [0.4, 0.5) is 13.2 Å². The summed E-state index contributed by atoms with van der Waals surface area (Å²) in [5.74, 6) is 0. The van der Waals surface area contributed by atoms with Crippen LogP contribution in [0.1, 0.15) is 10.4 Å². The summed E-state index contributed by atoms with van der Waals surface area (Å²) in [5, 5.41) is 0. The Kier molecular flexibility index (Phi) is 6.01. The number of thiophene rings is 1. The van der Waals surface area contributed by atoms with E-state index >= 15 is 0 Å². The van der Waals surface area contributed by atoms with E-state index in [1.807, 2.05) is 0 Å². The Morgan fingerprint density at radius 3 is 2.15 bits per heavy atom. The molecule has 0 saturated heterocycles. The van der Waals surface area contributed by atoms with Gasteiger partial charge in [-0.2, -0.15) is 13.2 Å². The maximum absolute atomic E-state index is 12.4. The molecule has 1 heterocycles. The molecule has 1 atom stereocenters. The van der Waals surface area contributed by atoms with Gasteiger partial charge >= 0.3 is 35.7 Å². The Morgan fingerprint density at radius 1 is 1.20 bits per heavy atom. The summed E-state index contributed by atoms with van der Waals surface area (Å²) in [7, 11) is 0. The van der Waals surface area contributed by atoms with Crippen molar-refractivity contribution in [1.29, 1.82) is 0 Å². The number of halogens is 3. The monoisotopic (exact) mass is 330 g/mol. The Hall–Kier alpha value is -0.180. The average molecular weight is 330 g/mol. The second-order valence-corrected chi connectivity index (χ2v) is 6.05. The van der Waals surface area contributed by atoms with Crippen molar-refractivity contribution in [3.8, 4) is 10.4 Å². The molecule has 0 bridgehead atoms. The molecule has 20 heavy (non-hydrogen) atoms. The van der Waals surface area contributed by atoms with Crippen LogP contribution in [0.25, 0.3) is 10.4 Å². The van der Waals surface area contributed by atoms with Crippen LogP contribution < -0.4 is 0 Å². The second-order valence-electron chi connectivity index (χ2n) is 3.86. The van der Waals surface area contributed by atoms with Crippen molar-refractivity contribution < 1.29 is 21.9 Å². The van der Waals surface area contributed by atoms with E-state index in [2.05, 4.69) is 0 Å². The Morgan fingerprint density at radius 2 is 1.75 bits per heavy atom. The fraction of sp³-hybridized carbons (Fsp3) is 0.167. The molecule has 0 aliphatic carbocycles. The molecule has 1 N–H and O–H groups in total. The molecule has 1 unspecified atom stereocenters. The minimum absolute atomic E-state index is 0. The first-order valence-electron chi connectivity index (χ1n) is 5.18. The molecule has 0 saturated carbocycles. The van der Waals surface area contributed by atoms with Gasteiger partial charge in [0.05, 0.1) is 10.5 Å². The third-order valence-electron chi connectivity index (χ3n) is 2.56. The van der Waals surface area contributed by atoms with Gasteiger partial charge in [0.15, 0.2) is 11.1 Å². The zero-order valence-electron chi connectivity index (χ0n) is 9.69. The van der Waals surface area contributed by atoms with E-state index in [0.29, 0.717) is 20.2 Å². The van der Waals surface area contributed by atoms with Gasteiger partial charge in [-0.25, -0.2) is 4.21 Å². The molecular formula is C12H10F3NaO2S2. The number of aryl methyl sites for hydroxylation is 1. The van der Waals surface area contributed by atoms with Gasteiger partial charge in [-0.3, -0.25) is 0 Å². The minimum atomic E-state index is -4.36. The van der Waals surface area contributed by atoms with E-state index in [1.165, 1.54) is 29.5 Å². The molecule has 1 aromatic carbocycles. The molecular weight excluding hydrogens is 320 g/mol. The average Bonchev–Trinajstić information content (AvgIpc) is 2.70. The quantitative estimate of drug-likeness (QED) is 0.674. The Balaban J connectivity index is 0.00000200. The normalized spacial score (nSPS) is 12.8. The first-order chi connectivity index (χ1) is 8.79. The van der Waals surface area contributed by atoms with Gasteiger partial charge in [0.25, 0.3) is 0 Å². The number of alkyl halides is 3. The van der Waals surface area contributed by atoms with Gasteiger partial charge in [0.1, 0.15) is 0 Å². The van der Waals surface area contributed by atoms with Gasteiger partial charge in [-0.1, -0.05) is 12.1 Å². The van der Waals surface area contributed by atoms with Crippen LogP contribution in [0.2, 0.25) is 0 Å². The Labute approximate surface area is 142 Å². The molecule has 0 fully saturated rings. The van der Waals surface area contributed by atoms with Crippen LogP contribution in [0.15, 0.2) is 35.2 Å². The first-order valence-corrected chi connectivity index (χ1v) is 7.10.